The number of amides is 2. The van der Waals surface area contributed by atoms with Gasteiger partial charge in [0.25, 0.3) is 11.5 Å². The first-order chi connectivity index (χ1) is 16.3. The number of anilines is 1. The smallest absolute Gasteiger partial charge is 0.341 e. The third-order valence-electron chi connectivity index (χ3n) is 4.99. The van der Waals surface area contributed by atoms with Crippen LogP contribution in [0.1, 0.15) is 32.5 Å². The van der Waals surface area contributed by atoms with Gasteiger partial charge in [0, 0.05) is 4.88 Å². The largest absolute Gasteiger partial charge is 0.462 e. The number of nitrogens with one attached hydrogen (secondary N) is 1. The Hall–Kier alpha value is -3.83. The van der Waals surface area contributed by atoms with Crippen LogP contribution in [0.5, 0.6) is 0 Å². The van der Waals surface area contributed by atoms with Gasteiger partial charge in [-0.3, -0.25) is 19.0 Å². The van der Waals surface area contributed by atoms with E-state index in [1.807, 2.05) is 30.3 Å². The fraction of sp³-hybridized carbons (Fsp3) is 0.174. The maximum atomic E-state index is 12.9. The first-order valence-corrected chi connectivity index (χ1v) is 11.9. The third kappa shape index (κ3) is 4.47. The molecule has 4 aromatic rings. The van der Waals surface area contributed by atoms with Crippen molar-refractivity contribution in [2.75, 3.05) is 11.9 Å². The number of aryl methyl sites for hydroxylation is 1. The van der Waals surface area contributed by atoms with Gasteiger partial charge in [-0.05, 0) is 31.0 Å². The lowest BCUT2D eigenvalue weighted by Crippen LogP contribution is -2.28. The van der Waals surface area contributed by atoms with Gasteiger partial charge >= 0.3 is 5.97 Å². The van der Waals surface area contributed by atoms with Crippen molar-refractivity contribution in [1.29, 1.82) is 0 Å². The zero-order valence-corrected chi connectivity index (χ0v) is 19.9. The predicted molar refractivity (Wildman–Crippen MR) is 131 cm³/mol. The fourth-order valence-corrected chi connectivity index (χ4v) is 5.48. The Morgan fingerprint density at radius 3 is 2.59 bits per heavy atom. The van der Waals surface area contributed by atoms with Crippen molar-refractivity contribution in [2.45, 2.75) is 20.4 Å². The highest BCUT2D eigenvalue weighted by atomic mass is 32.1. The van der Waals surface area contributed by atoms with Gasteiger partial charge in [0.15, 0.2) is 0 Å². The molecule has 174 valence electrons. The first-order valence-electron chi connectivity index (χ1n) is 10.2. The van der Waals surface area contributed by atoms with Crippen molar-refractivity contribution in [3.05, 3.63) is 69.1 Å². The monoisotopic (exact) mass is 496 g/mol. The summed E-state index contributed by atoms with van der Waals surface area (Å²) in [5.41, 5.74) is 6.48. The zero-order valence-electron chi connectivity index (χ0n) is 18.3. The summed E-state index contributed by atoms with van der Waals surface area (Å²) in [4.78, 5) is 55.5. The van der Waals surface area contributed by atoms with Gasteiger partial charge in [-0.15, -0.1) is 22.7 Å². The van der Waals surface area contributed by atoms with Crippen LogP contribution in [0.15, 0.2) is 47.5 Å². The molecular formula is C23H20N4O5S2. The van der Waals surface area contributed by atoms with Crippen molar-refractivity contribution < 1.29 is 19.1 Å². The minimum atomic E-state index is -0.636. The SMILES string of the molecule is CCOC(=O)c1cc(-c2ccccc2)sc1NC(=O)Cn1cnc2sc(C(N)=O)c(C)c2c1=O. The zero-order chi connectivity index (χ0) is 24.4. The summed E-state index contributed by atoms with van der Waals surface area (Å²) >= 11 is 2.27. The van der Waals surface area contributed by atoms with Gasteiger partial charge < -0.3 is 15.8 Å². The molecule has 0 saturated carbocycles. The maximum absolute atomic E-state index is 12.9. The Balaban J connectivity index is 1.63. The summed E-state index contributed by atoms with van der Waals surface area (Å²) in [6.07, 6.45) is 1.25. The highest BCUT2D eigenvalue weighted by molar-refractivity contribution is 7.20. The summed E-state index contributed by atoms with van der Waals surface area (Å²) in [6.45, 7) is 3.18. The molecule has 0 saturated heterocycles. The molecule has 2 amide bonds. The number of ether oxygens (including phenoxy) is 1. The Morgan fingerprint density at radius 2 is 1.91 bits per heavy atom. The van der Waals surface area contributed by atoms with E-state index in [4.69, 9.17) is 10.5 Å². The van der Waals surface area contributed by atoms with Crippen LogP contribution < -0.4 is 16.6 Å². The summed E-state index contributed by atoms with van der Waals surface area (Å²) in [5.74, 6) is -1.70. The number of carbonyl (C=O) groups excluding carboxylic acids is 3. The van der Waals surface area contributed by atoms with Crippen molar-refractivity contribution in [1.82, 2.24) is 9.55 Å². The molecule has 0 fully saturated rings. The molecule has 4 rings (SSSR count). The van der Waals surface area contributed by atoms with Crippen LogP contribution in [0.25, 0.3) is 20.7 Å². The van der Waals surface area contributed by atoms with Gasteiger partial charge in [0.05, 0.1) is 28.8 Å². The molecule has 3 aromatic heterocycles. The van der Waals surface area contributed by atoms with E-state index in [0.29, 0.717) is 15.4 Å². The number of esters is 1. The van der Waals surface area contributed by atoms with Crippen LogP contribution in [-0.2, 0) is 16.1 Å². The average molecular weight is 497 g/mol. The second-order valence-corrected chi connectivity index (χ2v) is 9.32. The molecule has 3 N–H and O–H groups in total. The van der Waals surface area contributed by atoms with Crippen molar-refractivity contribution in [2.24, 2.45) is 5.73 Å². The van der Waals surface area contributed by atoms with E-state index in [0.717, 1.165) is 26.3 Å². The van der Waals surface area contributed by atoms with Gasteiger partial charge in [0.1, 0.15) is 16.4 Å². The van der Waals surface area contributed by atoms with Gasteiger partial charge in [-0.2, -0.15) is 0 Å². The number of rotatable bonds is 7. The minimum absolute atomic E-state index is 0.192. The molecule has 34 heavy (non-hydrogen) atoms. The molecule has 9 nitrogen and oxygen atoms in total. The second-order valence-electron chi connectivity index (χ2n) is 7.27. The molecule has 0 radical (unpaired) electrons. The number of nitrogens with two attached hydrogens (primary N) is 1. The van der Waals surface area contributed by atoms with Crippen molar-refractivity contribution in [3.63, 3.8) is 0 Å². The van der Waals surface area contributed by atoms with Crippen LogP contribution in [0, 0.1) is 6.92 Å². The van der Waals surface area contributed by atoms with Crippen LogP contribution in [0.3, 0.4) is 0 Å². The summed E-state index contributed by atoms with van der Waals surface area (Å²) in [6, 6.07) is 11.1. The third-order valence-corrected chi connectivity index (χ3v) is 7.31. The number of hydrogen-bond donors (Lipinski definition) is 2. The number of hydrogen-bond acceptors (Lipinski definition) is 8. The quantitative estimate of drug-likeness (QED) is 0.377. The standard InChI is InChI=1S/C23H20N4O5S2/c1-3-32-23(31)14-9-15(13-7-5-4-6-8-13)33-20(14)26-16(28)10-27-11-25-21-17(22(27)30)12(2)18(34-21)19(24)29/h4-9,11H,3,10H2,1-2H3,(H2,24,29)(H,26,28). The van der Waals surface area contributed by atoms with Crippen LogP contribution in [0.2, 0.25) is 0 Å². The highest BCUT2D eigenvalue weighted by Crippen LogP contribution is 2.36. The van der Waals surface area contributed by atoms with E-state index in [1.165, 1.54) is 17.7 Å². The molecule has 3 heterocycles. The summed E-state index contributed by atoms with van der Waals surface area (Å²) in [5, 5.41) is 3.30. The van der Waals surface area contributed by atoms with Crippen LogP contribution in [-0.4, -0.2) is 33.9 Å². The lowest BCUT2D eigenvalue weighted by Gasteiger charge is -2.08. The summed E-state index contributed by atoms with van der Waals surface area (Å²) < 4.78 is 6.29. The number of aromatic nitrogens is 2. The number of carbonyl (C=O) groups is 3. The number of benzene rings is 1. The second kappa shape index (κ2) is 9.57. The molecule has 0 atom stereocenters. The topological polar surface area (TPSA) is 133 Å². The van der Waals surface area contributed by atoms with Gasteiger partial charge in [-0.1, -0.05) is 30.3 Å². The normalized spacial score (nSPS) is 10.9. The summed E-state index contributed by atoms with van der Waals surface area (Å²) in [7, 11) is 0. The van der Waals surface area contributed by atoms with Gasteiger partial charge in [-0.25, -0.2) is 9.78 Å². The van der Waals surface area contributed by atoms with Crippen LogP contribution in [0.4, 0.5) is 5.00 Å². The number of thiophene rings is 2. The van der Waals surface area contributed by atoms with E-state index in [9.17, 15) is 19.2 Å². The molecular weight excluding hydrogens is 476 g/mol. The lowest BCUT2D eigenvalue weighted by atomic mass is 10.1. The van der Waals surface area contributed by atoms with E-state index in [1.54, 1.807) is 19.9 Å². The van der Waals surface area contributed by atoms with E-state index in [2.05, 4.69) is 10.3 Å². The number of fused-ring (bicyclic) bond motifs is 1. The number of nitrogens with zero attached hydrogens (tertiary/aromatic N) is 2. The predicted octanol–water partition coefficient (Wildman–Crippen LogP) is 3.41. The molecule has 0 spiro atoms. The highest BCUT2D eigenvalue weighted by Gasteiger charge is 2.21. The lowest BCUT2D eigenvalue weighted by molar-refractivity contribution is -0.116. The molecule has 0 aliphatic carbocycles. The van der Waals surface area contributed by atoms with E-state index < -0.39 is 23.3 Å². The Labute approximate surface area is 201 Å². The molecule has 1 aromatic carbocycles. The molecule has 0 bridgehead atoms. The molecule has 11 heteroatoms. The minimum Gasteiger partial charge on any atom is -0.462 e. The van der Waals surface area contributed by atoms with E-state index in [-0.39, 0.29) is 29.0 Å². The van der Waals surface area contributed by atoms with E-state index >= 15 is 0 Å². The number of primary amides is 1. The maximum Gasteiger partial charge on any atom is 0.341 e. The molecule has 0 unspecified atom stereocenters. The Morgan fingerprint density at radius 1 is 1.18 bits per heavy atom. The van der Waals surface area contributed by atoms with Crippen LogP contribution >= 0.6 is 22.7 Å². The molecule has 0 aliphatic heterocycles. The Kier molecular flexibility index (Phi) is 6.57. The molecule has 0 aliphatic rings. The average Bonchev–Trinajstić information content (AvgIpc) is 3.38. The Bertz CT molecular complexity index is 1470. The first kappa shape index (κ1) is 23.3. The van der Waals surface area contributed by atoms with Crippen molar-refractivity contribution in [3.8, 4) is 10.4 Å². The van der Waals surface area contributed by atoms with Gasteiger partial charge in [0.2, 0.25) is 5.91 Å². The van der Waals surface area contributed by atoms with Crippen molar-refractivity contribution >= 4 is 55.7 Å². The fourth-order valence-electron chi connectivity index (χ4n) is 3.42.